The van der Waals surface area contributed by atoms with Crippen LogP contribution in [0.25, 0.3) is 0 Å². The van der Waals surface area contributed by atoms with Crippen molar-refractivity contribution in [1.29, 1.82) is 0 Å². The minimum Gasteiger partial charge on any atom is -0.480 e. The van der Waals surface area contributed by atoms with Crippen LogP contribution in [0, 0.1) is 5.92 Å². The average molecular weight is 391 g/mol. The molecule has 1 heterocycles. The van der Waals surface area contributed by atoms with Crippen molar-refractivity contribution in [3.63, 3.8) is 0 Å². The summed E-state index contributed by atoms with van der Waals surface area (Å²) in [4.78, 5) is 13.2. The number of sulfonamides is 1. The number of aliphatic carboxylic acids is 1. The number of nitrogens with zero attached hydrogens (tertiary/aromatic N) is 2. The van der Waals surface area contributed by atoms with Crippen LogP contribution >= 0.6 is 0 Å². The van der Waals surface area contributed by atoms with Gasteiger partial charge in [0.15, 0.2) is 0 Å². The Kier molecular flexibility index (Phi) is 8.32. The van der Waals surface area contributed by atoms with Crippen LogP contribution in [0.2, 0.25) is 0 Å². The molecule has 2 fully saturated rings. The zero-order valence-corrected chi connectivity index (χ0v) is 16.9. The summed E-state index contributed by atoms with van der Waals surface area (Å²) in [6, 6.07) is 0.0989. The van der Waals surface area contributed by atoms with Crippen molar-refractivity contribution in [3.8, 4) is 0 Å². The molecule has 2 atom stereocenters. The molecule has 0 unspecified atom stereocenters. The molecule has 0 aromatic carbocycles. The van der Waals surface area contributed by atoms with Gasteiger partial charge in [-0.3, -0.25) is 9.69 Å². The number of hydrogen-bond acceptors (Lipinski definition) is 5. The minimum atomic E-state index is -3.16. The van der Waals surface area contributed by atoms with E-state index in [-0.39, 0.29) is 24.4 Å². The van der Waals surface area contributed by atoms with Crippen molar-refractivity contribution in [3.05, 3.63) is 0 Å². The van der Waals surface area contributed by atoms with E-state index in [0.29, 0.717) is 45.0 Å². The third kappa shape index (κ3) is 6.18. The van der Waals surface area contributed by atoms with E-state index < -0.39 is 16.0 Å². The monoisotopic (exact) mass is 390 g/mol. The molecule has 0 bridgehead atoms. The summed E-state index contributed by atoms with van der Waals surface area (Å²) in [5, 5.41) is 9.24. The molecule has 0 aromatic rings. The fourth-order valence-corrected chi connectivity index (χ4v) is 5.22. The van der Waals surface area contributed by atoms with Crippen molar-refractivity contribution in [1.82, 2.24) is 9.21 Å². The molecule has 1 N–H and O–H groups in total. The van der Waals surface area contributed by atoms with Gasteiger partial charge in [0.05, 0.1) is 25.0 Å². The van der Waals surface area contributed by atoms with Gasteiger partial charge in [0, 0.05) is 25.7 Å². The van der Waals surface area contributed by atoms with Crippen LogP contribution in [0.15, 0.2) is 0 Å². The average Bonchev–Trinajstić information content (AvgIpc) is 2.62. The topological polar surface area (TPSA) is 87.2 Å². The summed E-state index contributed by atoms with van der Waals surface area (Å²) in [5.41, 5.74) is 0. The largest absolute Gasteiger partial charge is 0.480 e. The Balaban J connectivity index is 1.84. The summed E-state index contributed by atoms with van der Waals surface area (Å²) in [5.74, 6) is -0.164. The van der Waals surface area contributed by atoms with Gasteiger partial charge in [-0.1, -0.05) is 19.8 Å². The first-order valence-corrected chi connectivity index (χ1v) is 11.5. The van der Waals surface area contributed by atoms with Gasteiger partial charge >= 0.3 is 5.97 Å². The lowest BCUT2D eigenvalue weighted by molar-refractivity contribution is -0.139. The highest BCUT2D eigenvalue weighted by Crippen LogP contribution is 2.26. The maximum atomic E-state index is 12.0. The van der Waals surface area contributed by atoms with Gasteiger partial charge < -0.3 is 9.84 Å². The highest BCUT2D eigenvalue weighted by Gasteiger charge is 2.30. The fraction of sp³-hybridized carbons (Fsp3) is 0.944. The van der Waals surface area contributed by atoms with E-state index in [1.54, 1.807) is 6.92 Å². The Morgan fingerprint density at radius 1 is 1.19 bits per heavy atom. The van der Waals surface area contributed by atoms with Gasteiger partial charge in [-0.05, 0) is 38.5 Å². The summed E-state index contributed by atoms with van der Waals surface area (Å²) >= 11 is 0. The molecule has 0 aromatic heterocycles. The van der Waals surface area contributed by atoms with Crippen LogP contribution in [-0.2, 0) is 19.6 Å². The number of piperidine rings is 1. The Hall–Kier alpha value is -0.700. The highest BCUT2D eigenvalue weighted by molar-refractivity contribution is 7.89. The van der Waals surface area contributed by atoms with Crippen molar-refractivity contribution < 1.29 is 23.1 Å². The van der Waals surface area contributed by atoms with E-state index in [0.717, 1.165) is 6.42 Å². The maximum Gasteiger partial charge on any atom is 0.317 e. The van der Waals surface area contributed by atoms with E-state index in [2.05, 4.69) is 6.92 Å². The van der Waals surface area contributed by atoms with Crippen molar-refractivity contribution in [2.45, 2.75) is 64.5 Å². The van der Waals surface area contributed by atoms with Gasteiger partial charge in [-0.15, -0.1) is 0 Å². The molecule has 7 nitrogen and oxygen atoms in total. The number of rotatable bonds is 9. The van der Waals surface area contributed by atoms with Crippen molar-refractivity contribution in [2.24, 2.45) is 5.92 Å². The zero-order chi connectivity index (χ0) is 19.2. The van der Waals surface area contributed by atoms with Crippen molar-refractivity contribution >= 4 is 16.0 Å². The van der Waals surface area contributed by atoms with Crippen LogP contribution in [0.5, 0.6) is 0 Å². The van der Waals surface area contributed by atoms with E-state index in [9.17, 15) is 18.3 Å². The normalized spacial score (nSPS) is 26.3. The Bertz CT molecular complexity index is 546. The maximum absolute atomic E-state index is 12.0. The van der Waals surface area contributed by atoms with Gasteiger partial charge in [-0.25, -0.2) is 12.7 Å². The molecule has 26 heavy (non-hydrogen) atoms. The second-order valence-electron chi connectivity index (χ2n) is 7.57. The third-order valence-corrected chi connectivity index (χ3v) is 7.66. The van der Waals surface area contributed by atoms with E-state index in [1.807, 2.05) is 4.90 Å². The zero-order valence-electron chi connectivity index (χ0n) is 16.1. The quantitative estimate of drug-likeness (QED) is 0.646. The second kappa shape index (κ2) is 10.0. The molecule has 8 heteroatoms. The predicted molar refractivity (Wildman–Crippen MR) is 101 cm³/mol. The second-order valence-corrected chi connectivity index (χ2v) is 9.82. The molecule has 0 spiro atoms. The first-order valence-electron chi connectivity index (χ1n) is 9.88. The molecule has 0 amide bonds. The lowest BCUT2D eigenvalue weighted by Gasteiger charge is -2.37. The molecule has 1 saturated carbocycles. The molecule has 0 radical (unpaired) electrons. The van der Waals surface area contributed by atoms with Crippen LogP contribution in [0.4, 0.5) is 0 Å². The number of carbonyl (C=O) groups is 1. The Labute approximate surface area is 157 Å². The van der Waals surface area contributed by atoms with E-state index in [4.69, 9.17) is 4.74 Å². The van der Waals surface area contributed by atoms with Crippen LogP contribution < -0.4 is 0 Å². The van der Waals surface area contributed by atoms with Crippen LogP contribution in [0.1, 0.15) is 52.4 Å². The summed E-state index contributed by atoms with van der Waals surface area (Å²) < 4.78 is 31.5. The lowest BCUT2D eigenvalue weighted by Crippen LogP contribution is -2.49. The van der Waals surface area contributed by atoms with Crippen LogP contribution in [0.3, 0.4) is 0 Å². The molecule has 2 aliphatic rings. The number of hydrogen-bond donors (Lipinski definition) is 1. The molecule has 1 saturated heterocycles. The smallest absolute Gasteiger partial charge is 0.317 e. The van der Waals surface area contributed by atoms with Gasteiger partial charge in [0.1, 0.15) is 0 Å². The lowest BCUT2D eigenvalue weighted by atomic mass is 9.88. The molecule has 1 aliphatic carbocycles. The highest BCUT2D eigenvalue weighted by atomic mass is 32.2. The summed E-state index contributed by atoms with van der Waals surface area (Å²) in [6.45, 7) is 5.92. The number of carboxylic acid groups (broad SMARTS) is 1. The van der Waals surface area contributed by atoms with E-state index >= 15 is 0 Å². The van der Waals surface area contributed by atoms with Gasteiger partial charge in [-0.2, -0.15) is 0 Å². The van der Waals surface area contributed by atoms with Crippen molar-refractivity contribution in [2.75, 3.05) is 38.5 Å². The Morgan fingerprint density at radius 2 is 1.85 bits per heavy atom. The first kappa shape index (κ1) is 21.6. The number of carboxylic acids is 1. The standard InChI is InChI=1S/C18H34N2O5S/c1-3-26(23,24)20-10-8-16(9-11-20)19(14-18(21)22)12-13-25-17-7-5-4-6-15(17)2/h15-17H,3-14H2,1-2H3,(H,21,22)/t15-,17-/m0/s1. The molecule has 1 aliphatic heterocycles. The summed E-state index contributed by atoms with van der Waals surface area (Å²) in [6.07, 6.45) is 6.40. The molecular weight excluding hydrogens is 356 g/mol. The third-order valence-electron chi connectivity index (χ3n) is 5.78. The molecule has 152 valence electrons. The summed E-state index contributed by atoms with van der Waals surface area (Å²) in [7, 11) is -3.16. The fourth-order valence-electron chi connectivity index (χ4n) is 4.08. The predicted octanol–water partition coefficient (Wildman–Crippen LogP) is 1.78. The van der Waals surface area contributed by atoms with Gasteiger partial charge in [0.25, 0.3) is 0 Å². The first-order chi connectivity index (χ1) is 12.3. The van der Waals surface area contributed by atoms with Gasteiger partial charge in [0.2, 0.25) is 10.0 Å². The molecule has 2 rings (SSSR count). The van der Waals surface area contributed by atoms with E-state index in [1.165, 1.54) is 23.6 Å². The SMILES string of the molecule is CCS(=O)(=O)N1CCC(N(CCO[C@H]2CCCC[C@@H]2C)CC(=O)O)CC1. The minimum absolute atomic E-state index is 0.0191. The Morgan fingerprint density at radius 3 is 2.42 bits per heavy atom. The number of ether oxygens (including phenoxy) is 1. The van der Waals surface area contributed by atoms with Crippen LogP contribution in [-0.4, -0.2) is 79.4 Å². The molecular formula is C18H34N2O5S.